The Bertz CT molecular complexity index is 848. The first-order chi connectivity index (χ1) is 16.4. The van der Waals surface area contributed by atoms with E-state index in [1.54, 1.807) is 0 Å². The van der Waals surface area contributed by atoms with E-state index in [2.05, 4.69) is 10.6 Å². The number of rotatable bonds is 9. The smallest absolute Gasteiger partial charge is 0.251 e. The summed E-state index contributed by atoms with van der Waals surface area (Å²) >= 11 is 0. The topological polar surface area (TPSA) is 78.5 Å². The van der Waals surface area contributed by atoms with E-state index in [1.807, 2.05) is 43.0 Å². The van der Waals surface area contributed by atoms with Gasteiger partial charge in [0.15, 0.2) is 5.78 Å². The second-order valence-electron chi connectivity index (χ2n) is 10.8. The van der Waals surface area contributed by atoms with Crippen molar-refractivity contribution in [2.24, 2.45) is 11.8 Å². The fourth-order valence-corrected chi connectivity index (χ4v) is 5.47. The number of carbonyl (C=O) groups excluding carboxylic acids is 3. The molecule has 3 fully saturated rings. The molecule has 6 heteroatoms. The molecule has 1 heterocycles. The number of carbonyl (C=O) groups is 3. The van der Waals surface area contributed by atoms with Crippen molar-refractivity contribution in [2.75, 3.05) is 19.6 Å². The Morgan fingerprint density at radius 2 is 1.56 bits per heavy atom. The largest absolute Gasteiger partial charge is 0.342 e. The number of amides is 2. The highest BCUT2D eigenvalue weighted by atomic mass is 16.2. The molecule has 1 aliphatic heterocycles. The number of Topliss-reactive ketones (excluding diaryl/α,β-unsaturated/α-hetero) is 1. The Morgan fingerprint density at radius 3 is 2.15 bits per heavy atom. The summed E-state index contributed by atoms with van der Waals surface area (Å²) in [5.74, 6) is 0.775. The summed E-state index contributed by atoms with van der Waals surface area (Å²) in [7, 11) is 0. The monoisotopic (exact) mass is 467 g/mol. The molecule has 0 unspecified atom stereocenters. The first kappa shape index (κ1) is 24.9. The van der Waals surface area contributed by atoms with Gasteiger partial charge in [-0.3, -0.25) is 14.4 Å². The molecule has 1 atom stereocenters. The van der Waals surface area contributed by atoms with Crippen LogP contribution in [0.5, 0.6) is 0 Å². The average Bonchev–Trinajstić information content (AvgIpc) is 3.70. The van der Waals surface area contributed by atoms with Crippen LogP contribution in [0.3, 0.4) is 0 Å². The van der Waals surface area contributed by atoms with Crippen LogP contribution in [0.1, 0.15) is 93.5 Å². The van der Waals surface area contributed by atoms with Gasteiger partial charge in [0.25, 0.3) is 5.91 Å². The van der Waals surface area contributed by atoms with Gasteiger partial charge in [0.05, 0.1) is 12.6 Å². The normalized spacial score (nSPS) is 20.9. The van der Waals surface area contributed by atoms with Crippen molar-refractivity contribution in [1.82, 2.24) is 15.5 Å². The van der Waals surface area contributed by atoms with Gasteiger partial charge in [0.2, 0.25) is 5.91 Å². The summed E-state index contributed by atoms with van der Waals surface area (Å²) in [6.45, 7) is 5.88. The van der Waals surface area contributed by atoms with Crippen LogP contribution in [0.15, 0.2) is 24.3 Å². The van der Waals surface area contributed by atoms with E-state index in [9.17, 15) is 14.4 Å². The molecule has 0 radical (unpaired) electrons. The lowest BCUT2D eigenvalue weighted by Crippen LogP contribution is -2.48. The van der Waals surface area contributed by atoms with Crippen LogP contribution in [0, 0.1) is 11.8 Å². The zero-order chi connectivity index (χ0) is 24.1. The number of ketones is 1. The second-order valence-corrected chi connectivity index (χ2v) is 10.8. The molecule has 2 saturated carbocycles. The number of hydrogen-bond donors (Lipinski definition) is 2. The Hall–Kier alpha value is -2.21. The van der Waals surface area contributed by atoms with Crippen molar-refractivity contribution >= 4 is 17.6 Å². The third-order valence-electron chi connectivity index (χ3n) is 7.89. The maximum absolute atomic E-state index is 13.0. The van der Waals surface area contributed by atoms with E-state index in [4.69, 9.17) is 0 Å². The average molecular weight is 468 g/mol. The number of nitrogens with one attached hydrogen (secondary N) is 2. The van der Waals surface area contributed by atoms with E-state index in [0.29, 0.717) is 24.1 Å². The molecule has 0 bridgehead atoms. The van der Waals surface area contributed by atoms with E-state index in [1.165, 1.54) is 24.8 Å². The highest BCUT2D eigenvalue weighted by molar-refractivity contribution is 5.98. The third kappa shape index (κ3) is 6.47. The fraction of sp³-hybridized carbons (Fsp3) is 0.679. The van der Waals surface area contributed by atoms with Gasteiger partial charge >= 0.3 is 0 Å². The van der Waals surface area contributed by atoms with Gasteiger partial charge in [-0.2, -0.15) is 0 Å². The SMILES string of the molecule is CC(C)C(=O)[C@H](NC(=O)c1ccc(C2CCN(C(=O)CNC3CC3)CC2)cc1)C1CCCCC1. The van der Waals surface area contributed by atoms with Crippen LogP contribution in [0.2, 0.25) is 0 Å². The minimum Gasteiger partial charge on any atom is -0.342 e. The molecule has 0 spiro atoms. The van der Waals surface area contributed by atoms with Crippen LogP contribution in [-0.4, -0.2) is 54.2 Å². The van der Waals surface area contributed by atoms with E-state index >= 15 is 0 Å². The number of likely N-dealkylation sites (tertiary alicyclic amines) is 1. The summed E-state index contributed by atoms with van der Waals surface area (Å²) in [4.78, 5) is 40.3. The van der Waals surface area contributed by atoms with Crippen molar-refractivity contribution < 1.29 is 14.4 Å². The van der Waals surface area contributed by atoms with Gasteiger partial charge in [0.1, 0.15) is 0 Å². The molecule has 2 N–H and O–H groups in total. The summed E-state index contributed by atoms with van der Waals surface area (Å²) in [5.41, 5.74) is 1.83. The molecule has 3 aliphatic rings. The molecule has 34 heavy (non-hydrogen) atoms. The molecule has 6 nitrogen and oxygen atoms in total. The van der Waals surface area contributed by atoms with Gasteiger partial charge in [-0.25, -0.2) is 0 Å². The molecule has 1 aromatic carbocycles. The maximum Gasteiger partial charge on any atom is 0.251 e. The Balaban J connectivity index is 1.31. The number of piperidine rings is 1. The molecule has 186 valence electrons. The van der Waals surface area contributed by atoms with Crippen molar-refractivity contribution in [2.45, 2.75) is 89.6 Å². The first-order valence-corrected chi connectivity index (χ1v) is 13.4. The minimum atomic E-state index is -0.385. The van der Waals surface area contributed by atoms with E-state index in [-0.39, 0.29) is 35.5 Å². The molecule has 1 aromatic rings. The summed E-state index contributed by atoms with van der Waals surface area (Å²) < 4.78 is 0. The van der Waals surface area contributed by atoms with Crippen LogP contribution in [-0.2, 0) is 9.59 Å². The third-order valence-corrected chi connectivity index (χ3v) is 7.89. The highest BCUT2D eigenvalue weighted by Crippen LogP contribution is 2.30. The van der Waals surface area contributed by atoms with Gasteiger partial charge in [-0.1, -0.05) is 45.2 Å². The van der Waals surface area contributed by atoms with E-state index in [0.717, 1.165) is 51.6 Å². The number of hydrogen-bond acceptors (Lipinski definition) is 4. The molecule has 2 amide bonds. The summed E-state index contributed by atoms with van der Waals surface area (Å²) in [6, 6.07) is 8.04. The Kier molecular flexibility index (Phi) is 8.41. The molecule has 2 aliphatic carbocycles. The van der Waals surface area contributed by atoms with Crippen molar-refractivity contribution in [3.05, 3.63) is 35.4 Å². The standard InChI is InChI=1S/C28H41N3O3/c1-19(2)27(33)26(22-6-4-3-5-7-22)30-28(34)23-10-8-20(9-11-23)21-14-16-31(17-15-21)25(32)18-29-24-12-13-24/h8-11,19,21-22,24,26,29H,3-7,12-18H2,1-2H3,(H,30,34)/t26-/m1/s1. The molecular weight excluding hydrogens is 426 g/mol. The minimum absolute atomic E-state index is 0.0863. The van der Waals surface area contributed by atoms with Crippen LogP contribution in [0.25, 0.3) is 0 Å². The summed E-state index contributed by atoms with van der Waals surface area (Å²) in [6.07, 6.45) is 9.81. The maximum atomic E-state index is 13.0. The number of nitrogens with zero attached hydrogens (tertiary/aromatic N) is 1. The molecule has 4 rings (SSSR count). The first-order valence-electron chi connectivity index (χ1n) is 13.4. The lowest BCUT2D eigenvalue weighted by molar-refractivity contribution is -0.131. The zero-order valence-corrected chi connectivity index (χ0v) is 20.9. The predicted octanol–water partition coefficient (Wildman–Crippen LogP) is 4.05. The van der Waals surface area contributed by atoms with Gasteiger partial charge in [-0.15, -0.1) is 0 Å². The van der Waals surface area contributed by atoms with Crippen LogP contribution in [0.4, 0.5) is 0 Å². The van der Waals surface area contributed by atoms with Gasteiger partial charge < -0.3 is 15.5 Å². The lowest BCUT2D eigenvalue weighted by atomic mass is 9.80. The molecule has 0 aromatic heterocycles. The number of benzene rings is 1. The van der Waals surface area contributed by atoms with Crippen LogP contribution < -0.4 is 10.6 Å². The fourth-order valence-electron chi connectivity index (χ4n) is 5.47. The Labute approximate surface area is 204 Å². The molecular formula is C28H41N3O3. The van der Waals surface area contributed by atoms with Crippen molar-refractivity contribution in [1.29, 1.82) is 0 Å². The van der Waals surface area contributed by atoms with Crippen LogP contribution >= 0.6 is 0 Å². The predicted molar refractivity (Wildman–Crippen MR) is 134 cm³/mol. The van der Waals surface area contributed by atoms with E-state index < -0.39 is 0 Å². The highest BCUT2D eigenvalue weighted by Gasteiger charge is 2.32. The van der Waals surface area contributed by atoms with Gasteiger partial charge in [0, 0.05) is 30.6 Å². The lowest BCUT2D eigenvalue weighted by Gasteiger charge is -2.32. The van der Waals surface area contributed by atoms with Gasteiger partial charge in [-0.05, 0) is 68.1 Å². The Morgan fingerprint density at radius 1 is 0.912 bits per heavy atom. The second kappa shape index (κ2) is 11.5. The quantitative estimate of drug-likeness (QED) is 0.574. The van der Waals surface area contributed by atoms with Crippen molar-refractivity contribution in [3.8, 4) is 0 Å². The zero-order valence-electron chi connectivity index (χ0n) is 20.9. The molecule has 1 saturated heterocycles. The van der Waals surface area contributed by atoms with Crippen molar-refractivity contribution in [3.63, 3.8) is 0 Å². The summed E-state index contributed by atoms with van der Waals surface area (Å²) in [5, 5.41) is 6.40.